The maximum absolute atomic E-state index is 13.5. The van der Waals surface area contributed by atoms with Crippen LogP contribution in [0.3, 0.4) is 0 Å². The third-order valence-corrected chi connectivity index (χ3v) is 4.36. The molecule has 0 aliphatic heterocycles. The van der Waals surface area contributed by atoms with Gasteiger partial charge in [-0.3, -0.25) is 9.59 Å². The average molecular weight is 425 g/mol. The summed E-state index contributed by atoms with van der Waals surface area (Å²) in [6.45, 7) is 2.02. The molecule has 0 radical (unpaired) electrons. The van der Waals surface area contributed by atoms with Crippen LogP contribution in [0.15, 0.2) is 46.9 Å². The Morgan fingerprint density at radius 2 is 1.81 bits per heavy atom. The molecule has 0 aliphatic carbocycles. The fourth-order valence-electron chi connectivity index (χ4n) is 2.44. The van der Waals surface area contributed by atoms with Crippen molar-refractivity contribution in [2.45, 2.75) is 25.8 Å². The van der Waals surface area contributed by atoms with Crippen LogP contribution in [0.5, 0.6) is 0 Å². The highest BCUT2D eigenvalue weighted by atomic mass is 79.9. The molecule has 2 N–H and O–H groups in total. The second-order valence-corrected chi connectivity index (χ2v) is 6.63. The lowest BCUT2D eigenvalue weighted by Gasteiger charge is -2.17. The predicted octanol–water partition coefficient (Wildman–Crippen LogP) is 4.11. The minimum Gasteiger partial charge on any atom is -0.351 e. The first-order valence-electron chi connectivity index (χ1n) is 8.18. The number of carbonyl (C=O) groups excluding carboxylic acids is 2. The smallest absolute Gasteiger partial charge is 0.254 e. The number of amides is 2. The monoisotopic (exact) mass is 424 g/mol. The lowest BCUT2D eigenvalue weighted by Crippen LogP contribution is -2.33. The number of halogens is 3. The molecule has 4 nitrogen and oxygen atoms in total. The molecule has 0 spiro atoms. The van der Waals surface area contributed by atoms with E-state index in [1.54, 1.807) is 0 Å². The van der Waals surface area contributed by atoms with Crippen LogP contribution in [0.2, 0.25) is 0 Å². The largest absolute Gasteiger partial charge is 0.351 e. The molecule has 0 aromatic heterocycles. The van der Waals surface area contributed by atoms with Crippen molar-refractivity contribution >= 4 is 27.7 Å². The molecule has 2 amide bonds. The molecule has 1 atom stereocenters. The van der Waals surface area contributed by atoms with Gasteiger partial charge in [0.15, 0.2) is 0 Å². The van der Waals surface area contributed by atoms with E-state index in [4.69, 9.17) is 0 Å². The molecule has 0 bridgehead atoms. The lowest BCUT2D eigenvalue weighted by molar-refractivity contribution is -0.121. The highest BCUT2D eigenvalue weighted by Crippen LogP contribution is 2.19. The van der Waals surface area contributed by atoms with Crippen LogP contribution >= 0.6 is 15.9 Å². The highest BCUT2D eigenvalue weighted by molar-refractivity contribution is 9.10. The molecule has 1 unspecified atom stereocenters. The highest BCUT2D eigenvalue weighted by Gasteiger charge is 2.15. The van der Waals surface area contributed by atoms with Crippen molar-refractivity contribution in [2.75, 3.05) is 6.54 Å². The van der Waals surface area contributed by atoms with E-state index < -0.39 is 17.5 Å². The van der Waals surface area contributed by atoms with Crippen LogP contribution in [-0.4, -0.2) is 18.4 Å². The van der Waals surface area contributed by atoms with Crippen molar-refractivity contribution < 1.29 is 18.4 Å². The van der Waals surface area contributed by atoms with E-state index in [1.165, 1.54) is 0 Å². The first-order valence-corrected chi connectivity index (χ1v) is 8.98. The fourth-order valence-corrected chi connectivity index (χ4v) is 2.71. The Morgan fingerprint density at radius 1 is 1.12 bits per heavy atom. The summed E-state index contributed by atoms with van der Waals surface area (Å²) in [5.41, 5.74) is 0.731. The topological polar surface area (TPSA) is 58.2 Å². The number of nitrogens with one attached hydrogen (secondary N) is 2. The van der Waals surface area contributed by atoms with E-state index in [9.17, 15) is 18.4 Å². The molecule has 7 heteroatoms. The number of hydrogen-bond acceptors (Lipinski definition) is 2. The Kier molecular flexibility index (Phi) is 7.26. The first-order chi connectivity index (χ1) is 12.4. The zero-order chi connectivity index (χ0) is 19.1. The van der Waals surface area contributed by atoms with E-state index in [1.807, 2.05) is 31.2 Å². The van der Waals surface area contributed by atoms with Gasteiger partial charge in [0.25, 0.3) is 5.91 Å². The van der Waals surface area contributed by atoms with Gasteiger partial charge in [-0.05, 0) is 36.2 Å². The summed E-state index contributed by atoms with van der Waals surface area (Å²) in [5.74, 6) is -2.60. The minimum absolute atomic E-state index is 0.0538. The van der Waals surface area contributed by atoms with E-state index in [0.717, 1.165) is 28.6 Å². The molecular formula is C19H19BrF2N2O2. The van der Waals surface area contributed by atoms with Crippen molar-refractivity contribution in [3.8, 4) is 0 Å². The molecule has 2 rings (SSSR count). The summed E-state index contributed by atoms with van der Waals surface area (Å²) in [6.07, 6.45) is 0.780. The van der Waals surface area contributed by atoms with Gasteiger partial charge in [-0.15, -0.1) is 0 Å². The van der Waals surface area contributed by atoms with Crippen LogP contribution in [-0.2, 0) is 4.79 Å². The standard InChI is InChI=1S/C19H19BrF2N2O2/c1-2-17(12-3-5-13(20)6-4-12)24-18(25)9-10-23-19(26)15-8-7-14(21)11-16(15)22/h3-8,11,17H,2,9-10H2,1H3,(H,23,26)(H,24,25). The van der Waals surface area contributed by atoms with Crippen molar-refractivity contribution in [1.29, 1.82) is 0 Å². The van der Waals surface area contributed by atoms with Crippen LogP contribution in [0.4, 0.5) is 8.78 Å². The van der Waals surface area contributed by atoms with Crippen LogP contribution in [0.1, 0.15) is 41.7 Å². The lowest BCUT2D eigenvalue weighted by atomic mass is 10.0. The summed E-state index contributed by atoms with van der Waals surface area (Å²) in [6, 6.07) is 10.3. The quantitative estimate of drug-likeness (QED) is 0.702. The number of carbonyl (C=O) groups is 2. The zero-order valence-corrected chi connectivity index (χ0v) is 15.8. The van der Waals surface area contributed by atoms with Crippen molar-refractivity contribution in [1.82, 2.24) is 10.6 Å². The number of rotatable bonds is 7. The van der Waals surface area contributed by atoms with Gasteiger partial charge < -0.3 is 10.6 Å². The molecule has 2 aromatic rings. The minimum atomic E-state index is -0.937. The van der Waals surface area contributed by atoms with Gasteiger partial charge in [-0.1, -0.05) is 35.0 Å². The third-order valence-electron chi connectivity index (χ3n) is 3.83. The van der Waals surface area contributed by atoms with Crippen molar-refractivity contribution in [2.24, 2.45) is 0 Å². The Balaban J connectivity index is 1.84. The van der Waals surface area contributed by atoms with Crippen LogP contribution in [0.25, 0.3) is 0 Å². The van der Waals surface area contributed by atoms with Crippen LogP contribution in [0, 0.1) is 11.6 Å². The zero-order valence-electron chi connectivity index (χ0n) is 14.2. The molecule has 0 heterocycles. The Morgan fingerprint density at radius 3 is 2.42 bits per heavy atom. The molecule has 138 valence electrons. The van der Waals surface area contributed by atoms with E-state index in [0.29, 0.717) is 6.07 Å². The summed E-state index contributed by atoms with van der Waals surface area (Å²) < 4.78 is 27.4. The molecule has 0 aliphatic rings. The van der Waals surface area contributed by atoms with Crippen molar-refractivity contribution in [3.63, 3.8) is 0 Å². The predicted molar refractivity (Wildman–Crippen MR) is 98.6 cm³/mol. The third kappa shape index (κ3) is 5.62. The summed E-state index contributed by atoms with van der Waals surface area (Å²) in [5, 5.41) is 5.37. The van der Waals surface area contributed by atoms with Gasteiger partial charge in [0.2, 0.25) is 5.91 Å². The molecule has 2 aromatic carbocycles. The number of hydrogen-bond donors (Lipinski definition) is 2. The maximum Gasteiger partial charge on any atom is 0.254 e. The summed E-state index contributed by atoms with van der Waals surface area (Å²) in [7, 11) is 0. The fraction of sp³-hybridized carbons (Fsp3) is 0.263. The van der Waals surface area contributed by atoms with Gasteiger partial charge in [0.05, 0.1) is 11.6 Å². The molecule has 26 heavy (non-hydrogen) atoms. The molecular weight excluding hydrogens is 406 g/mol. The second kappa shape index (κ2) is 9.43. The number of benzene rings is 2. The second-order valence-electron chi connectivity index (χ2n) is 5.71. The first kappa shape index (κ1) is 20.0. The maximum atomic E-state index is 13.5. The van der Waals surface area contributed by atoms with Gasteiger partial charge >= 0.3 is 0 Å². The molecule has 0 fully saturated rings. The Labute approximate surface area is 159 Å². The summed E-state index contributed by atoms with van der Waals surface area (Å²) in [4.78, 5) is 24.0. The Bertz CT molecular complexity index is 782. The van der Waals surface area contributed by atoms with Crippen molar-refractivity contribution in [3.05, 3.63) is 69.7 Å². The molecule has 0 saturated carbocycles. The van der Waals surface area contributed by atoms with E-state index in [-0.39, 0.29) is 30.5 Å². The SMILES string of the molecule is CCC(NC(=O)CCNC(=O)c1ccc(F)cc1F)c1ccc(Br)cc1. The molecule has 0 saturated heterocycles. The average Bonchev–Trinajstić information content (AvgIpc) is 2.60. The normalized spacial score (nSPS) is 11.7. The van der Waals surface area contributed by atoms with E-state index >= 15 is 0 Å². The van der Waals surface area contributed by atoms with Gasteiger partial charge in [-0.2, -0.15) is 0 Å². The van der Waals surface area contributed by atoms with Gasteiger partial charge in [0.1, 0.15) is 11.6 Å². The van der Waals surface area contributed by atoms with Gasteiger partial charge in [-0.25, -0.2) is 8.78 Å². The summed E-state index contributed by atoms with van der Waals surface area (Å²) >= 11 is 3.37. The van der Waals surface area contributed by atoms with Gasteiger partial charge in [0, 0.05) is 23.5 Å². The Hall–Kier alpha value is -2.28. The van der Waals surface area contributed by atoms with Crippen LogP contribution < -0.4 is 10.6 Å². The van der Waals surface area contributed by atoms with E-state index in [2.05, 4.69) is 26.6 Å².